The summed E-state index contributed by atoms with van der Waals surface area (Å²) in [5.74, 6) is 0.227. The van der Waals surface area contributed by atoms with Gasteiger partial charge in [0.15, 0.2) is 0 Å². The molecule has 0 aliphatic carbocycles. The van der Waals surface area contributed by atoms with E-state index in [9.17, 15) is 14.4 Å². The summed E-state index contributed by atoms with van der Waals surface area (Å²) in [5, 5.41) is 0. The van der Waals surface area contributed by atoms with E-state index in [4.69, 9.17) is 9.47 Å². The molecule has 0 bridgehead atoms. The zero-order chi connectivity index (χ0) is 25.5. The van der Waals surface area contributed by atoms with Gasteiger partial charge < -0.3 is 19.3 Å². The van der Waals surface area contributed by atoms with E-state index in [1.165, 1.54) is 25.8 Å². The third-order valence-electron chi connectivity index (χ3n) is 6.41. The van der Waals surface area contributed by atoms with Crippen LogP contribution in [0.5, 0.6) is 0 Å². The van der Waals surface area contributed by atoms with Crippen LogP contribution in [-0.2, 0) is 14.3 Å². The number of amides is 2. The standard InChI is InChI=1S/C16H30N2O2.C10H17NO3/c1-13-7-5-6-10-18(13)14-8-11-17(12-9-14)15(19)20-16(2,3)4;1-10(2,3)14-9(13)11-6-4-8(12)5-7-11/h13-14H,5-12H2,1-4H3;4-7H2,1-3H3. The van der Waals surface area contributed by atoms with E-state index in [0.29, 0.717) is 38.0 Å². The molecule has 0 aromatic carbocycles. The smallest absolute Gasteiger partial charge is 0.410 e. The predicted octanol–water partition coefficient (Wildman–Crippen LogP) is 4.85. The van der Waals surface area contributed by atoms with Gasteiger partial charge in [-0.25, -0.2) is 9.59 Å². The molecule has 0 radical (unpaired) electrons. The van der Waals surface area contributed by atoms with Gasteiger partial charge in [0.2, 0.25) is 0 Å². The van der Waals surface area contributed by atoms with Crippen LogP contribution in [0.25, 0.3) is 0 Å². The average molecular weight is 482 g/mol. The number of Topliss-reactive ketones (excluding diaryl/α,β-unsaturated/α-hetero) is 1. The fourth-order valence-corrected chi connectivity index (χ4v) is 4.63. The van der Waals surface area contributed by atoms with Gasteiger partial charge in [-0.2, -0.15) is 0 Å². The maximum absolute atomic E-state index is 12.1. The molecule has 8 heteroatoms. The normalized spacial score (nSPS) is 23.1. The Morgan fingerprint density at radius 3 is 1.65 bits per heavy atom. The number of nitrogens with zero attached hydrogens (tertiary/aromatic N) is 3. The molecule has 2 amide bonds. The van der Waals surface area contributed by atoms with E-state index in [-0.39, 0.29) is 18.0 Å². The monoisotopic (exact) mass is 481 g/mol. The number of rotatable bonds is 1. The van der Waals surface area contributed by atoms with Gasteiger partial charge in [0.05, 0.1) is 0 Å². The van der Waals surface area contributed by atoms with E-state index in [1.54, 1.807) is 4.90 Å². The minimum Gasteiger partial charge on any atom is -0.444 e. The summed E-state index contributed by atoms with van der Waals surface area (Å²) in [4.78, 5) is 40.6. The molecule has 0 spiro atoms. The maximum atomic E-state index is 12.1. The molecule has 3 aliphatic heterocycles. The van der Waals surface area contributed by atoms with Crippen LogP contribution >= 0.6 is 0 Å². The topological polar surface area (TPSA) is 79.4 Å². The maximum Gasteiger partial charge on any atom is 0.410 e. The summed E-state index contributed by atoms with van der Waals surface area (Å²) in [6.07, 6.45) is 6.65. The Morgan fingerprint density at radius 1 is 0.735 bits per heavy atom. The van der Waals surface area contributed by atoms with Crippen LogP contribution in [0.3, 0.4) is 0 Å². The Bertz CT molecular complexity index is 680. The number of hydrogen-bond donors (Lipinski definition) is 0. The molecular formula is C26H47N3O5. The molecule has 0 N–H and O–H groups in total. The third-order valence-corrected chi connectivity index (χ3v) is 6.41. The molecule has 1 unspecified atom stereocenters. The van der Waals surface area contributed by atoms with Gasteiger partial charge in [-0.1, -0.05) is 6.42 Å². The van der Waals surface area contributed by atoms with Crippen LogP contribution in [0.1, 0.15) is 93.4 Å². The van der Waals surface area contributed by atoms with Crippen LogP contribution < -0.4 is 0 Å². The highest BCUT2D eigenvalue weighted by Gasteiger charge is 2.32. The fraction of sp³-hybridized carbons (Fsp3) is 0.885. The Hall–Kier alpha value is -1.83. The Labute approximate surface area is 206 Å². The van der Waals surface area contributed by atoms with Crippen molar-refractivity contribution in [3.05, 3.63) is 0 Å². The summed E-state index contributed by atoms with van der Waals surface area (Å²) in [5.41, 5.74) is -0.853. The van der Waals surface area contributed by atoms with E-state index < -0.39 is 11.2 Å². The fourth-order valence-electron chi connectivity index (χ4n) is 4.63. The van der Waals surface area contributed by atoms with Crippen molar-refractivity contribution in [3.63, 3.8) is 0 Å². The number of ether oxygens (including phenoxy) is 2. The zero-order valence-electron chi connectivity index (χ0n) is 22.5. The van der Waals surface area contributed by atoms with Crippen LogP contribution in [0, 0.1) is 0 Å². The van der Waals surface area contributed by atoms with Gasteiger partial charge in [0, 0.05) is 51.1 Å². The lowest BCUT2D eigenvalue weighted by Crippen LogP contribution is -2.51. The van der Waals surface area contributed by atoms with Gasteiger partial charge in [-0.15, -0.1) is 0 Å². The summed E-state index contributed by atoms with van der Waals surface area (Å²) < 4.78 is 10.6. The zero-order valence-corrected chi connectivity index (χ0v) is 22.5. The Kier molecular flexibility index (Phi) is 10.2. The van der Waals surface area contributed by atoms with Gasteiger partial charge >= 0.3 is 12.2 Å². The second kappa shape index (κ2) is 12.2. The molecule has 34 heavy (non-hydrogen) atoms. The average Bonchev–Trinajstić information content (AvgIpc) is 2.73. The highest BCUT2D eigenvalue weighted by Crippen LogP contribution is 2.25. The summed E-state index contributed by atoms with van der Waals surface area (Å²) in [7, 11) is 0. The summed E-state index contributed by atoms with van der Waals surface area (Å²) in [6, 6.07) is 1.37. The second-order valence-corrected chi connectivity index (χ2v) is 11.8. The first kappa shape index (κ1) is 28.4. The van der Waals surface area contributed by atoms with Crippen molar-refractivity contribution in [2.45, 2.75) is 117 Å². The quantitative estimate of drug-likeness (QED) is 0.533. The van der Waals surface area contributed by atoms with Crippen molar-refractivity contribution in [2.24, 2.45) is 0 Å². The minimum absolute atomic E-state index is 0.150. The van der Waals surface area contributed by atoms with E-state index in [0.717, 1.165) is 25.9 Å². The van der Waals surface area contributed by atoms with Crippen molar-refractivity contribution in [1.82, 2.24) is 14.7 Å². The predicted molar refractivity (Wildman–Crippen MR) is 133 cm³/mol. The number of ketones is 1. The number of piperidine rings is 3. The largest absolute Gasteiger partial charge is 0.444 e. The minimum atomic E-state index is -0.460. The molecule has 0 saturated carbocycles. The molecule has 0 aromatic rings. The lowest BCUT2D eigenvalue weighted by atomic mass is 9.96. The van der Waals surface area contributed by atoms with Crippen LogP contribution in [-0.4, -0.2) is 88.7 Å². The lowest BCUT2D eigenvalue weighted by Gasteiger charge is -2.43. The number of carbonyl (C=O) groups excluding carboxylic acids is 3. The molecule has 8 nitrogen and oxygen atoms in total. The number of likely N-dealkylation sites (tertiary alicyclic amines) is 3. The van der Waals surface area contributed by atoms with Crippen LogP contribution in [0.15, 0.2) is 0 Å². The van der Waals surface area contributed by atoms with Crippen LogP contribution in [0.2, 0.25) is 0 Å². The first-order chi connectivity index (χ1) is 15.7. The molecule has 3 aliphatic rings. The molecule has 3 saturated heterocycles. The highest BCUT2D eigenvalue weighted by molar-refractivity contribution is 5.81. The highest BCUT2D eigenvalue weighted by atomic mass is 16.6. The number of carbonyl (C=O) groups is 3. The van der Waals surface area contributed by atoms with E-state index in [2.05, 4.69) is 11.8 Å². The second-order valence-electron chi connectivity index (χ2n) is 11.8. The molecular weight excluding hydrogens is 434 g/mol. The summed E-state index contributed by atoms with van der Waals surface area (Å²) >= 11 is 0. The van der Waals surface area contributed by atoms with Gasteiger partial charge in [0.25, 0.3) is 0 Å². The Balaban J connectivity index is 0.000000257. The first-order valence-corrected chi connectivity index (χ1v) is 13.0. The van der Waals surface area contributed by atoms with Crippen molar-refractivity contribution < 1.29 is 23.9 Å². The molecule has 196 valence electrons. The van der Waals surface area contributed by atoms with Gasteiger partial charge in [0.1, 0.15) is 17.0 Å². The third kappa shape index (κ3) is 9.80. The molecule has 3 rings (SSSR count). The SMILES string of the molecule is CC(C)(C)OC(=O)N1CCC(=O)CC1.CC1CCCCN1C1CCN(C(=O)OC(C)(C)C)CC1. The van der Waals surface area contributed by atoms with Crippen molar-refractivity contribution in [1.29, 1.82) is 0 Å². The number of hydrogen-bond acceptors (Lipinski definition) is 6. The lowest BCUT2D eigenvalue weighted by molar-refractivity contribution is -0.121. The molecule has 3 heterocycles. The van der Waals surface area contributed by atoms with Crippen LogP contribution in [0.4, 0.5) is 9.59 Å². The van der Waals surface area contributed by atoms with Crippen molar-refractivity contribution in [3.8, 4) is 0 Å². The molecule has 0 aromatic heterocycles. The van der Waals surface area contributed by atoms with E-state index in [1.807, 2.05) is 46.4 Å². The first-order valence-electron chi connectivity index (χ1n) is 13.0. The van der Waals surface area contributed by atoms with E-state index >= 15 is 0 Å². The molecule has 3 fully saturated rings. The Morgan fingerprint density at radius 2 is 1.21 bits per heavy atom. The van der Waals surface area contributed by atoms with Gasteiger partial charge in [-0.3, -0.25) is 9.69 Å². The molecule has 1 atom stereocenters. The van der Waals surface area contributed by atoms with Crippen molar-refractivity contribution >= 4 is 18.0 Å². The van der Waals surface area contributed by atoms with Crippen molar-refractivity contribution in [2.75, 3.05) is 32.7 Å². The van der Waals surface area contributed by atoms with Gasteiger partial charge in [-0.05, 0) is 80.7 Å². The summed E-state index contributed by atoms with van der Waals surface area (Å²) in [6.45, 7) is 17.5.